The minimum absolute atomic E-state index is 0. The van der Waals surface area contributed by atoms with Gasteiger partial charge < -0.3 is 19.1 Å². The van der Waals surface area contributed by atoms with E-state index in [4.69, 9.17) is 8.83 Å². The number of nitrogens with zero attached hydrogens (tertiary/aromatic N) is 2. The van der Waals surface area contributed by atoms with Gasteiger partial charge in [0.2, 0.25) is 5.89 Å². The molecule has 6 nitrogen and oxygen atoms in total. The second-order valence-electron chi connectivity index (χ2n) is 6.85. The maximum atomic E-state index is 12.6. The predicted octanol–water partition coefficient (Wildman–Crippen LogP) is 3.74. The third-order valence-electron chi connectivity index (χ3n) is 5.05. The Morgan fingerprint density at radius 2 is 1.86 bits per heavy atom. The molecule has 1 N–H and O–H groups in total. The number of oxazole rings is 1. The van der Waals surface area contributed by atoms with E-state index in [1.807, 2.05) is 37.3 Å². The summed E-state index contributed by atoms with van der Waals surface area (Å²) in [6.45, 7) is 5.76. The summed E-state index contributed by atoms with van der Waals surface area (Å²) in [6.07, 6.45) is 0. The number of aromatic nitrogens is 1. The lowest BCUT2D eigenvalue weighted by Crippen LogP contribution is -2.43. The van der Waals surface area contributed by atoms with Crippen molar-refractivity contribution in [3.63, 3.8) is 0 Å². The van der Waals surface area contributed by atoms with E-state index in [-0.39, 0.29) is 12.4 Å². The molecular weight excluding hydrogens is 378 g/mol. The summed E-state index contributed by atoms with van der Waals surface area (Å²) in [5.41, 5.74) is 3.98. The van der Waals surface area contributed by atoms with Crippen molar-refractivity contribution in [1.29, 1.82) is 0 Å². The molecule has 28 heavy (non-hydrogen) atoms. The van der Waals surface area contributed by atoms with Crippen molar-refractivity contribution in [2.45, 2.75) is 6.92 Å². The predicted molar refractivity (Wildman–Crippen MR) is 113 cm³/mol. The summed E-state index contributed by atoms with van der Waals surface area (Å²) in [5, 5.41) is 4.19. The fourth-order valence-electron chi connectivity index (χ4n) is 3.57. The summed E-state index contributed by atoms with van der Waals surface area (Å²) in [7, 11) is 0. The molecule has 0 bridgehead atoms. The standard InChI is InChI=1S/C21H19N3O3.ClH/c1-13-3-2-4-17-19(13)23-20(26-17)16-11-14-5-6-15(12-18(14)27-21(16)25)24-9-7-22-8-10-24;/h2-6,11-12,22H,7-10H2,1H3;1H. The van der Waals surface area contributed by atoms with Crippen LogP contribution in [0.5, 0.6) is 0 Å². The summed E-state index contributed by atoms with van der Waals surface area (Å²) < 4.78 is 11.4. The summed E-state index contributed by atoms with van der Waals surface area (Å²) >= 11 is 0. The van der Waals surface area contributed by atoms with Gasteiger partial charge in [0.05, 0.1) is 0 Å². The molecule has 0 saturated carbocycles. The van der Waals surface area contributed by atoms with Crippen molar-refractivity contribution in [1.82, 2.24) is 10.3 Å². The fraction of sp³-hybridized carbons (Fsp3) is 0.238. The first-order chi connectivity index (χ1) is 13.2. The number of benzene rings is 2. The number of hydrogen-bond acceptors (Lipinski definition) is 6. The average molecular weight is 398 g/mol. The number of fused-ring (bicyclic) bond motifs is 2. The quantitative estimate of drug-likeness (QED) is 0.519. The number of hydrogen-bond donors (Lipinski definition) is 1. The lowest BCUT2D eigenvalue weighted by atomic mass is 10.1. The minimum Gasteiger partial charge on any atom is -0.436 e. The van der Waals surface area contributed by atoms with Crippen LogP contribution in [0.25, 0.3) is 33.5 Å². The smallest absolute Gasteiger partial charge is 0.349 e. The molecule has 4 aromatic rings. The number of aryl methyl sites for hydroxylation is 1. The Bertz CT molecular complexity index is 1210. The van der Waals surface area contributed by atoms with Crippen LogP contribution < -0.4 is 15.8 Å². The Kier molecular flexibility index (Phi) is 4.83. The number of nitrogens with one attached hydrogen (secondary N) is 1. The Balaban J connectivity index is 0.00000192. The molecule has 1 aliphatic rings. The van der Waals surface area contributed by atoms with Gasteiger partial charge in [-0.25, -0.2) is 9.78 Å². The number of halogens is 1. The van der Waals surface area contributed by atoms with Gasteiger partial charge >= 0.3 is 5.63 Å². The second kappa shape index (κ2) is 7.30. The summed E-state index contributed by atoms with van der Waals surface area (Å²) in [6, 6.07) is 13.5. The van der Waals surface area contributed by atoms with E-state index in [0.717, 1.165) is 48.3 Å². The van der Waals surface area contributed by atoms with E-state index in [2.05, 4.69) is 21.3 Å². The normalized spacial score (nSPS) is 14.4. The monoisotopic (exact) mass is 397 g/mol. The van der Waals surface area contributed by atoms with Crippen molar-refractivity contribution < 1.29 is 8.83 Å². The van der Waals surface area contributed by atoms with Crippen LogP contribution in [0.4, 0.5) is 5.69 Å². The van der Waals surface area contributed by atoms with Gasteiger partial charge in [0.1, 0.15) is 16.7 Å². The van der Waals surface area contributed by atoms with Crippen LogP contribution in [0, 0.1) is 6.92 Å². The van der Waals surface area contributed by atoms with Gasteiger partial charge in [0.25, 0.3) is 0 Å². The first-order valence-electron chi connectivity index (χ1n) is 9.09. The molecule has 7 heteroatoms. The van der Waals surface area contributed by atoms with E-state index in [1.165, 1.54) is 0 Å². The zero-order chi connectivity index (χ0) is 18.4. The van der Waals surface area contributed by atoms with E-state index in [0.29, 0.717) is 22.6 Å². The van der Waals surface area contributed by atoms with Gasteiger partial charge in [0.15, 0.2) is 5.58 Å². The largest absolute Gasteiger partial charge is 0.436 e. The molecule has 5 rings (SSSR count). The van der Waals surface area contributed by atoms with Crippen LogP contribution in [0.3, 0.4) is 0 Å². The van der Waals surface area contributed by atoms with Gasteiger partial charge in [-0.3, -0.25) is 0 Å². The van der Waals surface area contributed by atoms with Gasteiger partial charge in [-0.2, -0.15) is 0 Å². The van der Waals surface area contributed by atoms with Gasteiger partial charge in [-0.1, -0.05) is 12.1 Å². The van der Waals surface area contributed by atoms with Crippen LogP contribution in [0.1, 0.15) is 5.56 Å². The van der Waals surface area contributed by atoms with Crippen molar-refractivity contribution in [2.24, 2.45) is 0 Å². The molecule has 2 aromatic carbocycles. The van der Waals surface area contributed by atoms with E-state index in [9.17, 15) is 4.79 Å². The maximum Gasteiger partial charge on any atom is 0.349 e. The second-order valence-corrected chi connectivity index (χ2v) is 6.85. The molecule has 0 spiro atoms. The maximum absolute atomic E-state index is 12.6. The lowest BCUT2D eigenvalue weighted by Gasteiger charge is -2.29. The lowest BCUT2D eigenvalue weighted by molar-refractivity contribution is 0.552. The third kappa shape index (κ3) is 3.15. The highest BCUT2D eigenvalue weighted by molar-refractivity contribution is 5.86. The SMILES string of the molecule is Cc1cccc2oc(-c3cc4ccc(N5CCNCC5)cc4oc3=O)nc12.Cl. The van der Waals surface area contributed by atoms with E-state index in [1.54, 1.807) is 6.07 Å². The highest BCUT2D eigenvalue weighted by Gasteiger charge is 2.17. The molecule has 144 valence electrons. The first-order valence-corrected chi connectivity index (χ1v) is 9.09. The topological polar surface area (TPSA) is 71.5 Å². The molecule has 0 amide bonds. The molecule has 1 saturated heterocycles. The zero-order valence-corrected chi connectivity index (χ0v) is 16.2. The molecule has 0 radical (unpaired) electrons. The van der Waals surface area contributed by atoms with Crippen LogP contribution >= 0.6 is 12.4 Å². The third-order valence-corrected chi connectivity index (χ3v) is 5.05. The number of rotatable bonds is 2. The fourth-order valence-corrected chi connectivity index (χ4v) is 3.57. The molecule has 2 aromatic heterocycles. The Morgan fingerprint density at radius 1 is 1.04 bits per heavy atom. The minimum atomic E-state index is -0.441. The molecular formula is C21H20ClN3O3. The van der Waals surface area contributed by atoms with Crippen LogP contribution in [0.2, 0.25) is 0 Å². The van der Waals surface area contributed by atoms with Crippen molar-refractivity contribution >= 4 is 40.2 Å². The number of anilines is 1. The van der Waals surface area contributed by atoms with Crippen molar-refractivity contribution in [3.05, 3.63) is 58.4 Å². The average Bonchev–Trinajstić information content (AvgIpc) is 3.13. The molecule has 0 aliphatic carbocycles. The first kappa shape index (κ1) is 18.5. The molecule has 0 unspecified atom stereocenters. The van der Waals surface area contributed by atoms with Crippen molar-refractivity contribution in [2.75, 3.05) is 31.1 Å². The van der Waals surface area contributed by atoms with E-state index < -0.39 is 5.63 Å². The van der Waals surface area contributed by atoms with Crippen molar-refractivity contribution in [3.8, 4) is 11.5 Å². The Labute approximate surface area is 167 Å². The van der Waals surface area contributed by atoms with Gasteiger partial charge in [-0.15, -0.1) is 12.4 Å². The van der Waals surface area contributed by atoms with Gasteiger partial charge in [-0.05, 0) is 36.8 Å². The van der Waals surface area contributed by atoms with Crippen LogP contribution in [-0.2, 0) is 0 Å². The Hall–Kier alpha value is -2.83. The summed E-state index contributed by atoms with van der Waals surface area (Å²) in [4.78, 5) is 19.4. The molecule has 1 fully saturated rings. The Morgan fingerprint density at radius 3 is 2.64 bits per heavy atom. The molecule has 1 aliphatic heterocycles. The zero-order valence-electron chi connectivity index (χ0n) is 15.4. The summed E-state index contributed by atoms with van der Waals surface area (Å²) in [5.74, 6) is 0.293. The van der Waals surface area contributed by atoms with E-state index >= 15 is 0 Å². The van der Waals surface area contributed by atoms with Gasteiger partial charge in [0, 0.05) is 43.3 Å². The molecule has 0 atom stereocenters. The highest BCUT2D eigenvalue weighted by atomic mass is 35.5. The van der Waals surface area contributed by atoms with Crippen LogP contribution in [0.15, 0.2) is 56.1 Å². The highest BCUT2D eigenvalue weighted by Crippen LogP contribution is 2.28. The van der Waals surface area contributed by atoms with Crippen LogP contribution in [-0.4, -0.2) is 31.2 Å². The number of piperazine rings is 1. The number of para-hydroxylation sites is 1. The molecule has 3 heterocycles.